The Kier molecular flexibility index (Phi) is 4.03. The zero-order chi connectivity index (χ0) is 15.6. The molecule has 21 heavy (non-hydrogen) atoms. The van der Waals surface area contributed by atoms with Gasteiger partial charge in [-0.1, -0.05) is 18.2 Å². The third-order valence-corrected chi connectivity index (χ3v) is 3.18. The number of aryl methyl sites for hydroxylation is 2. The topological polar surface area (TPSA) is 66.4 Å². The third kappa shape index (κ3) is 3.08. The molecule has 0 aliphatic rings. The van der Waals surface area contributed by atoms with Gasteiger partial charge in [-0.3, -0.25) is 4.79 Å². The SMILES string of the molecule is Cc1ccc(F)cc1C(=O)Nc1cccc(C)c1C(=O)O. The largest absolute Gasteiger partial charge is 0.478 e. The molecule has 0 bridgehead atoms. The lowest BCUT2D eigenvalue weighted by molar-refractivity contribution is 0.0697. The number of halogens is 1. The van der Waals surface area contributed by atoms with Gasteiger partial charge in [0.05, 0.1) is 11.3 Å². The van der Waals surface area contributed by atoms with Gasteiger partial charge in [0.1, 0.15) is 5.82 Å². The first kappa shape index (κ1) is 14.7. The number of carboxylic acid groups (broad SMARTS) is 1. The van der Waals surface area contributed by atoms with Gasteiger partial charge in [-0.15, -0.1) is 0 Å². The Labute approximate surface area is 121 Å². The minimum atomic E-state index is -1.13. The first-order valence-corrected chi connectivity index (χ1v) is 6.30. The van der Waals surface area contributed by atoms with Crippen LogP contribution in [0.3, 0.4) is 0 Å². The summed E-state index contributed by atoms with van der Waals surface area (Å²) in [5.74, 6) is -2.19. The molecule has 0 radical (unpaired) electrons. The number of aromatic carboxylic acids is 1. The molecule has 0 fully saturated rings. The van der Waals surface area contributed by atoms with Gasteiger partial charge in [0.2, 0.25) is 0 Å². The van der Waals surface area contributed by atoms with Crippen molar-refractivity contribution in [1.29, 1.82) is 0 Å². The van der Waals surface area contributed by atoms with Crippen LogP contribution in [0.15, 0.2) is 36.4 Å². The summed E-state index contributed by atoms with van der Waals surface area (Å²) in [6, 6.07) is 8.69. The first-order valence-electron chi connectivity index (χ1n) is 6.30. The smallest absolute Gasteiger partial charge is 0.338 e. The summed E-state index contributed by atoms with van der Waals surface area (Å²) in [6.45, 7) is 3.33. The third-order valence-electron chi connectivity index (χ3n) is 3.18. The molecule has 2 aromatic rings. The second-order valence-electron chi connectivity index (χ2n) is 4.72. The lowest BCUT2D eigenvalue weighted by Gasteiger charge is -2.11. The van der Waals surface area contributed by atoms with E-state index >= 15 is 0 Å². The average Bonchev–Trinajstić information content (AvgIpc) is 2.41. The molecule has 0 saturated heterocycles. The van der Waals surface area contributed by atoms with Crippen LogP contribution in [0.4, 0.5) is 10.1 Å². The van der Waals surface area contributed by atoms with Crippen molar-refractivity contribution in [3.63, 3.8) is 0 Å². The maximum Gasteiger partial charge on any atom is 0.338 e. The van der Waals surface area contributed by atoms with E-state index in [0.29, 0.717) is 11.1 Å². The molecule has 4 nitrogen and oxygen atoms in total. The van der Waals surface area contributed by atoms with E-state index in [-0.39, 0.29) is 16.8 Å². The van der Waals surface area contributed by atoms with Crippen molar-refractivity contribution >= 4 is 17.6 Å². The average molecular weight is 287 g/mol. The second kappa shape index (κ2) is 5.75. The number of carbonyl (C=O) groups is 2. The highest BCUT2D eigenvalue weighted by molar-refractivity contribution is 6.08. The molecule has 0 aliphatic carbocycles. The van der Waals surface area contributed by atoms with Crippen LogP contribution in [0.5, 0.6) is 0 Å². The number of nitrogens with one attached hydrogen (secondary N) is 1. The Morgan fingerprint density at radius 2 is 1.81 bits per heavy atom. The van der Waals surface area contributed by atoms with E-state index in [1.165, 1.54) is 18.2 Å². The minimum absolute atomic E-state index is 0.0277. The number of carboxylic acids is 1. The Hall–Kier alpha value is -2.69. The zero-order valence-electron chi connectivity index (χ0n) is 11.6. The number of carbonyl (C=O) groups excluding carboxylic acids is 1. The van der Waals surface area contributed by atoms with Crippen molar-refractivity contribution in [2.45, 2.75) is 13.8 Å². The van der Waals surface area contributed by atoms with Crippen LogP contribution >= 0.6 is 0 Å². The molecule has 0 atom stereocenters. The van der Waals surface area contributed by atoms with Crippen molar-refractivity contribution < 1.29 is 19.1 Å². The summed E-state index contributed by atoms with van der Waals surface area (Å²) in [6.07, 6.45) is 0. The molecule has 0 spiro atoms. The van der Waals surface area contributed by atoms with Gasteiger partial charge in [0, 0.05) is 5.56 Å². The predicted molar refractivity (Wildman–Crippen MR) is 77.2 cm³/mol. The van der Waals surface area contributed by atoms with E-state index in [4.69, 9.17) is 0 Å². The molecule has 0 aromatic heterocycles. The fourth-order valence-corrected chi connectivity index (χ4v) is 2.08. The summed E-state index contributed by atoms with van der Waals surface area (Å²) in [5.41, 5.74) is 1.54. The van der Waals surface area contributed by atoms with Crippen LogP contribution in [0.1, 0.15) is 31.8 Å². The van der Waals surface area contributed by atoms with Crippen molar-refractivity contribution in [3.05, 3.63) is 64.5 Å². The Balaban J connectivity index is 2.39. The lowest BCUT2D eigenvalue weighted by atomic mass is 10.0. The van der Waals surface area contributed by atoms with Crippen molar-refractivity contribution in [2.24, 2.45) is 0 Å². The second-order valence-corrected chi connectivity index (χ2v) is 4.72. The van der Waals surface area contributed by atoms with Crippen LogP contribution in [0, 0.1) is 19.7 Å². The van der Waals surface area contributed by atoms with Crippen LogP contribution in [-0.4, -0.2) is 17.0 Å². The molecule has 5 heteroatoms. The normalized spacial score (nSPS) is 10.2. The maximum atomic E-state index is 13.2. The van der Waals surface area contributed by atoms with E-state index < -0.39 is 17.7 Å². The number of hydrogen-bond acceptors (Lipinski definition) is 2. The van der Waals surface area contributed by atoms with E-state index in [1.54, 1.807) is 26.0 Å². The number of hydrogen-bond donors (Lipinski definition) is 2. The molecule has 0 saturated carbocycles. The van der Waals surface area contributed by atoms with Crippen LogP contribution < -0.4 is 5.32 Å². The molecule has 2 N–H and O–H groups in total. The van der Waals surface area contributed by atoms with Crippen LogP contribution in [-0.2, 0) is 0 Å². The van der Waals surface area contributed by atoms with E-state index in [0.717, 1.165) is 6.07 Å². The number of benzene rings is 2. The van der Waals surface area contributed by atoms with Gasteiger partial charge < -0.3 is 10.4 Å². The number of amides is 1. The quantitative estimate of drug-likeness (QED) is 0.909. The standard InChI is InChI=1S/C16H14FNO3/c1-9-6-7-11(17)8-12(9)15(19)18-13-5-3-4-10(2)14(13)16(20)21/h3-8H,1-2H3,(H,18,19)(H,20,21). The van der Waals surface area contributed by atoms with Gasteiger partial charge in [-0.05, 0) is 43.2 Å². The molecule has 1 amide bonds. The molecule has 108 valence electrons. The van der Waals surface area contributed by atoms with E-state index in [9.17, 15) is 19.1 Å². The molecular weight excluding hydrogens is 273 g/mol. The molecular formula is C16H14FNO3. The molecule has 0 heterocycles. The molecule has 2 aromatic carbocycles. The van der Waals surface area contributed by atoms with Crippen LogP contribution in [0.2, 0.25) is 0 Å². The number of anilines is 1. The van der Waals surface area contributed by atoms with Crippen molar-refractivity contribution in [2.75, 3.05) is 5.32 Å². The summed E-state index contributed by atoms with van der Waals surface area (Å²) in [5, 5.41) is 11.7. The van der Waals surface area contributed by atoms with Gasteiger partial charge in [0.25, 0.3) is 5.91 Å². The monoisotopic (exact) mass is 287 g/mol. The zero-order valence-corrected chi connectivity index (χ0v) is 11.6. The van der Waals surface area contributed by atoms with E-state index in [1.807, 2.05) is 0 Å². The summed E-state index contributed by atoms with van der Waals surface area (Å²) in [7, 11) is 0. The summed E-state index contributed by atoms with van der Waals surface area (Å²) in [4.78, 5) is 23.5. The maximum absolute atomic E-state index is 13.2. The Morgan fingerprint density at radius 1 is 1.10 bits per heavy atom. The number of rotatable bonds is 3. The molecule has 2 rings (SSSR count). The molecule has 0 unspecified atom stereocenters. The van der Waals surface area contributed by atoms with E-state index in [2.05, 4.69) is 5.32 Å². The fraction of sp³-hybridized carbons (Fsp3) is 0.125. The summed E-state index contributed by atoms with van der Waals surface area (Å²) >= 11 is 0. The highest BCUT2D eigenvalue weighted by atomic mass is 19.1. The van der Waals surface area contributed by atoms with Crippen LogP contribution in [0.25, 0.3) is 0 Å². The highest BCUT2D eigenvalue weighted by Crippen LogP contribution is 2.21. The molecule has 0 aliphatic heterocycles. The van der Waals surface area contributed by atoms with Gasteiger partial charge in [-0.2, -0.15) is 0 Å². The Morgan fingerprint density at radius 3 is 2.48 bits per heavy atom. The van der Waals surface area contributed by atoms with Crippen molar-refractivity contribution in [1.82, 2.24) is 0 Å². The lowest BCUT2D eigenvalue weighted by Crippen LogP contribution is -2.16. The van der Waals surface area contributed by atoms with Gasteiger partial charge in [0.15, 0.2) is 0 Å². The fourth-order valence-electron chi connectivity index (χ4n) is 2.08. The summed E-state index contributed by atoms with van der Waals surface area (Å²) < 4.78 is 13.2. The highest BCUT2D eigenvalue weighted by Gasteiger charge is 2.17. The van der Waals surface area contributed by atoms with Gasteiger partial charge >= 0.3 is 5.97 Å². The minimum Gasteiger partial charge on any atom is -0.478 e. The van der Waals surface area contributed by atoms with Gasteiger partial charge in [-0.25, -0.2) is 9.18 Å². The predicted octanol–water partition coefficient (Wildman–Crippen LogP) is 3.39. The van der Waals surface area contributed by atoms with Crippen molar-refractivity contribution in [3.8, 4) is 0 Å². The Bertz CT molecular complexity index is 725. The first-order chi connectivity index (χ1) is 9.90.